The lowest BCUT2D eigenvalue weighted by Crippen LogP contribution is -2.39. The molecule has 1 N–H and O–H groups in total. The number of benzene rings is 2. The molecule has 0 aromatic heterocycles. The number of carboxylic acids is 1. The minimum absolute atomic E-state index is 0.0725. The summed E-state index contributed by atoms with van der Waals surface area (Å²) in [5.41, 5.74) is 3.10. The Bertz CT molecular complexity index is 753. The maximum atomic E-state index is 13.8. The molecule has 26 heavy (non-hydrogen) atoms. The topological polar surface area (TPSA) is 43.8 Å². The molecule has 0 aliphatic carbocycles. The number of likely N-dealkylation sites (tertiary alicyclic amines) is 1. The molecule has 1 fully saturated rings. The van der Waals surface area contributed by atoms with Crippen molar-refractivity contribution in [1.82, 2.24) is 4.90 Å². The van der Waals surface area contributed by atoms with E-state index in [1.54, 1.807) is 12.1 Å². The lowest BCUT2D eigenvalue weighted by Gasteiger charge is -2.37. The average molecular weight is 356 g/mol. The van der Waals surface area contributed by atoms with Crippen LogP contribution in [0.25, 0.3) is 0 Å². The molecule has 1 aliphatic heterocycles. The molecule has 1 aliphatic rings. The fraction of sp³-hybridized carbons (Fsp3) is 0.381. The van der Waals surface area contributed by atoms with Crippen molar-refractivity contribution in [3.63, 3.8) is 0 Å². The summed E-state index contributed by atoms with van der Waals surface area (Å²) in [5, 5.41) is 9.24. The van der Waals surface area contributed by atoms with E-state index >= 15 is 0 Å². The van der Waals surface area contributed by atoms with Crippen molar-refractivity contribution in [2.45, 2.75) is 18.9 Å². The summed E-state index contributed by atoms with van der Waals surface area (Å²) in [6.45, 7) is 1.38. The van der Waals surface area contributed by atoms with Crippen LogP contribution in [0.2, 0.25) is 0 Å². The molecule has 4 nitrogen and oxygen atoms in total. The number of nitrogens with zero attached hydrogens (tertiary/aromatic N) is 2. The predicted octanol–water partition coefficient (Wildman–Crippen LogP) is 3.78. The van der Waals surface area contributed by atoms with Crippen LogP contribution in [0, 0.1) is 11.7 Å². The molecule has 138 valence electrons. The first-order valence-electron chi connectivity index (χ1n) is 8.95. The maximum Gasteiger partial charge on any atom is 0.306 e. The molecule has 0 spiro atoms. The molecule has 3 rings (SSSR count). The van der Waals surface area contributed by atoms with Crippen molar-refractivity contribution in [2.24, 2.45) is 5.92 Å². The number of rotatable bonds is 5. The zero-order valence-electron chi connectivity index (χ0n) is 15.2. The zero-order chi connectivity index (χ0) is 18.7. The Morgan fingerprint density at radius 2 is 1.77 bits per heavy atom. The van der Waals surface area contributed by atoms with Gasteiger partial charge in [-0.15, -0.1) is 0 Å². The van der Waals surface area contributed by atoms with Gasteiger partial charge < -0.3 is 10.0 Å². The monoisotopic (exact) mass is 356 g/mol. The molecule has 0 radical (unpaired) electrons. The van der Waals surface area contributed by atoms with Crippen molar-refractivity contribution in [1.29, 1.82) is 0 Å². The van der Waals surface area contributed by atoms with Crippen LogP contribution in [-0.2, 0) is 4.79 Å². The third-order valence-corrected chi connectivity index (χ3v) is 5.13. The Balaban J connectivity index is 1.91. The summed E-state index contributed by atoms with van der Waals surface area (Å²) in [5.74, 6) is -1.25. The normalized spacial score (nSPS) is 17.0. The van der Waals surface area contributed by atoms with Gasteiger partial charge in [0.1, 0.15) is 5.82 Å². The highest BCUT2D eigenvalue weighted by Gasteiger charge is 2.30. The number of hydrogen-bond acceptors (Lipinski definition) is 3. The van der Waals surface area contributed by atoms with Gasteiger partial charge in [0.05, 0.1) is 12.0 Å². The Hall–Kier alpha value is -2.40. The molecule has 0 saturated carbocycles. The largest absolute Gasteiger partial charge is 0.481 e. The average Bonchev–Trinajstić information content (AvgIpc) is 2.63. The van der Waals surface area contributed by atoms with Crippen molar-refractivity contribution in [2.75, 3.05) is 32.1 Å². The summed E-state index contributed by atoms with van der Waals surface area (Å²) in [6, 6.07) is 14.9. The van der Waals surface area contributed by atoms with Gasteiger partial charge in [-0.05, 0) is 61.3 Å². The fourth-order valence-electron chi connectivity index (χ4n) is 3.65. The van der Waals surface area contributed by atoms with Gasteiger partial charge in [-0.25, -0.2) is 4.39 Å². The highest BCUT2D eigenvalue weighted by atomic mass is 19.1. The quantitative estimate of drug-likeness (QED) is 0.885. The molecule has 0 bridgehead atoms. The minimum Gasteiger partial charge on any atom is -0.481 e. The van der Waals surface area contributed by atoms with Gasteiger partial charge in [0.2, 0.25) is 0 Å². The van der Waals surface area contributed by atoms with E-state index in [1.165, 1.54) is 6.07 Å². The minimum atomic E-state index is -0.720. The third-order valence-electron chi connectivity index (χ3n) is 5.13. The number of carbonyl (C=O) groups is 1. The van der Waals surface area contributed by atoms with E-state index in [9.17, 15) is 14.3 Å². The summed E-state index contributed by atoms with van der Waals surface area (Å²) in [7, 11) is 3.99. The molecule has 1 atom stereocenters. The Morgan fingerprint density at radius 1 is 1.12 bits per heavy atom. The number of anilines is 1. The molecule has 0 amide bonds. The Morgan fingerprint density at radius 3 is 2.31 bits per heavy atom. The second kappa shape index (κ2) is 7.87. The molecule has 1 saturated heterocycles. The molecule has 5 heteroatoms. The molecule has 2 aromatic rings. The Kier molecular flexibility index (Phi) is 5.57. The van der Waals surface area contributed by atoms with E-state index in [-0.39, 0.29) is 17.8 Å². The van der Waals surface area contributed by atoms with Gasteiger partial charge in [0.25, 0.3) is 0 Å². The second-order valence-electron chi connectivity index (χ2n) is 7.09. The van der Waals surface area contributed by atoms with E-state index in [4.69, 9.17) is 0 Å². The van der Waals surface area contributed by atoms with E-state index in [0.29, 0.717) is 25.9 Å². The van der Waals surface area contributed by atoms with Crippen LogP contribution in [0.3, 0.4) is 0 Å². The number of hydrogen-bond donors (Lipinski definition) is 1. The summed E-state index contributed by atoms with van der Waals surface area (Å²) in [6.07, 6.45) is 1.24. The number of carboxylic acid groups (broad SMARTS) is 1. The van der Waals surface area contributed by atoms with Crippen LogP contribution in [-0.4, -0.2) is 43.2 Å². The van der Waals surface area contributed by atoms with Crippen LogP contribution >= 0.6 is 0 Å². The second-order valence-corrected chi connectivity index (χ2v) is 7.09. The van der Waals surface area contributed by atoms with Crippen molar-refractivity contribution in [3.05, 3.63) is 65.5 Å². The van der Waals surface area contributed by atoms with Gasteiger partial charge in [-0.2, -0.15) is 0 Å². The van der Waals surface area contributed by atoms with Crippen LogP contribution < -0.4 is 4.90 Å². The molecule has 2 aromatic carbocycles. The maximum absolute atomic E-state index is 13.8. The zero-order valence-corrected chi connectivity index (χ0v) is 15.2. The van der Waals surface area contributed by atoms with E-state index in [0.717, 1.165) is 16.8 Å². The molecule has 1 heterocycles. The number of piperidine rings is 1. The molecule has 1 unspecified atom stereocenters. The third kappa shape index (κ3) is 4.05. The van der Waals surface area contributed by atoms with E-state index < -0.39 is 5.97 Å². The smallest absolute Gasteiger partial charge is 0.306 e. The standard InChI is InChI=1S/C21H25FN2O2/c1-23(2)19-8-6-15(7-9-19)20(17-4-3-5-18(22)14-17)24-12-10-16(11-13-24)21(25)26/h3-9,14,16,20H,10-13H2,1-2H3,(H,25,26). The van der Waals surface area contributed by atoms with Crippen molar-refractivity contribution >= 4 is 11.7 Å². The summed E-state index contributed by atoms with van der Waals surface area (Å²) >= 11 is 0. The van der Waals surface area contributed by atoms with Crippen LogP contribution in [0.5, 0.6) is 0 Å². The van der Waals surface area contributed by atoms with Gasteiger partial charge >= 0.3 is 5.97 Å². The van der Waals surface area contributed by atoms with Gasteiger partial charge in [0.15, 0.2) is 0 Å². The first kappa shape index (κ1) is 18.4. The first-order chi connectivity index (χ1) is 12.5. The summed E-state index contributed by atoms with van der Waals surface area (Å²) in [4.78, 5) is 15.5. The van der Waals surface area contributed by atoms with E-state index in [2.05, 4.69) is 29.2 Å². The van der Waals surface area contributed by atoms with Crippen LogP contribution in [0.1, 0.15) is 30.0 Å². The number of aliphatic carboxylic acids is 1. The highest BCUT2D eigenvalue weighted by Crippen LogP contribution is 2.33. The van der Waals surface area contributed by atoms with Crippen molar-refractivity contribution < 1.29 is 14.3 Å². The first-order valence-corrected chi connectivity index (χ1v) is 8.95. The van der Waals surface area contributed by atoms with Crippen LogP contribution in [0.4, 0.5) is 10.1 Å². The number of halogens is 1. The van der Waals surface area contributed by atoms with Gasteiger partial charge in [-0.3, -0.25) is 9.69 Å². The SMILES string of the molecule is CN(C)c1ccc(C(c2cccc(F)c2)N2CCC(C(=O)O)CC2)cc1. The molecular weight excluding hydrogens is 331 g/mol. The predicted molar refractivity (Wildman–Crippen MR) is 101 cm³/mol. The fourth-order valence-corrected chi connectivity index (χ4v) is 3.65. The van der Waals surface area contributed by atoms with Gasteiger partial charge in [0, 0.05) is 19.8 Å². The van der Waals surface area contributed by atoms with E-state index in [1.807, 2.05) is 25.1 Å². The van der Waals surface area contributed by atoms with Gasteiger partial charge in [-0.1, -0.05) is 24.3 Å². The van der Waals surface area contributed by atoms with Crippen molar-refractivity contribution in [3.8, 4) is 0 Å². The van der Waals surface area contributed by atoms with Crippen LogP contribution in [0.15, 0.2) is 48.5 Å². The molecular formula is C21H25FN2O2. The lowest BCUT2D eigenvalue weighted by molar-refractivity contribution is -0.143. The Labute approximate surface area is 153 Å². The highest BCUT2D eigenvalue weighted by molar-refractivity contribution is 5.70. The summed E-state index contributed by atoms with van der Waals surface area (Å²) < 4.78 is 13.8. The lowest BCUT2D eigenvalue weighted by atomic mass is 9.91.